The smallest absolute Gasteiger partial charge is 0.252 e. The number of carbonyl (C=O) groups excluding carboxylic acids is 1. The first kappa shape index (κ1) is 13.1. The average molecular weight is 200 g/mol. The molecule has 1 unspecified atom stereocenters. The van der Waals surface area contributed by atoms with Gasteiger partial charge in [0.1, 0.15) is 6.10 Å². The number of nitrogens with two attached hydrogens (primary N) is 1. The lowest BCUT2D eigenvalue weighted by molar-refractivity contribution is -0.140. The van der Waals surface area contributed by atoms with Gasteiger partial charge in [-0.1, -0.05) is 6.08 Å². The zero-order valence-electron chi connectivity index (χ0n) is 9.03. The van der Waals surface area contributed by atoms with Gasteiger partial charge < -0.3 is 15.4 Å². The van der Waals surface area contributed by atoms with Crippen LogP contribution in [-0.4, -0.2) is 44.2 Å². The number of allylic oxidation sites excluding steroid dienone is 1. The molecule has 0 aromatic rings. The zero-order valence-corrected chi connectivity index (χ0v) is 9.03. The van der Waals surface area contributed by atoms with Gasteiger partial charge in [-0.15, -0.1) is 6.58 Å². The van der Waals surface area contributed by atoms with Crippen LogP contribution < -0.4 is 5.73 Å². The maximum atomic E-state index is 11.6. The van der Waals surface area contributed by atoms with Crippen LogP contribution in [0.5, 0.6) is 0 Å². The number of hydrogen-bond acceptors (Lipinski definition) is 3. The normalized spacial score (nSPS) is 12.2. The number of amides is 1. The van der Waals surface area contributed by atoms with Crippen molar-refractivity contribution < 1.29 is 9.53 Å². The van der Waals surface area contributed by atoms with E-state index in [9.17, 15) is 4.79 Å². The lowest BCUT2D eigenvalue weighted by Gasteiger charge is -2.21. The topological polar surface area (TPSA) is 55.6 Å². The van der Waals surface area contributed by atoms with E-state index in [-0.39, 0.29) is 12.5 Å². The van der Waals surface area contributed by atoms with Crippen molar-refractivity contribution in [3.05, 3.63) is 12.7 Å². The van der Waals surface area contributed by atoms with E-state index in [2.05, 4.69) is 6.58 Å². The van der Waals surface area contributed by atoms with Crippen LogP contribution in [0.25, 0.3) is 0 Å². The van der Waals surface area contributed by atoms with E-state index < -0.39 is 6.10 Å². The van der Waals surface area contributed by atoms with Crippen LogP contribution in [0.3, 0.4) is 0 Å². The summed E-state index contributed by atoms with van der Waals surface area (Å²) in [4.78, 5) is 13.2. The van der Waals surface area contributed by atoms with Crippen LogP contribution in [0.1, 0.15) is 12.8 Å². The molecule has 14 heavy (non-hydrogen) atoms. The van der Waals surface area contributed by atoms with Crippen molar-refractivity contribution in [2.24, 2.45) is 5.73 Å². The number of hydrogen-bond donors (Lipinski definition) is 1. The summed E-state index contributed by atoms with van der Waals surface area (Å²) < 4.78 is 4.95. The van der Waals surface area contributed by atoms with Gasteiger partial charge >= 0.3 is 0 Å². The second kappa shape index (κ2) is 7.53. The van der Waals surface area contributed by atoms with Crippen LogP contribution in [0.15, 0.2) is 12.7 Å². The summed E-state index contributed by atoms with van der Waals surface area (Å²) in [5, 5.41) is 0. The van der Waals surface area contributed by atoms with E-state index in [0.717, 1.165) is 12.8 Å². The van der Waals surface area contributed by atoms with Crippen LogP contribution in [0.2, 0.25) is 0 Å². The fourth-order valence-electron chi connectivity index (χ4n) is 1.13. The van der Waals surface area contributed by atoms with Crippen LogP contribution in [0.4, 0.5) is 0 Å². The molecule has 0 fully saturated rings. The average Bonchev–Trinajstić information content (AvgIpc) is 2.19. The fourth-order valence-corrected chi connectivity index (χ4v) is 1.13. The van der Waals surface area contributed by atoms with Crippen molar-refractivity contribution in [3.63, 3.8) is 0 Å². The molecule has 0 radical (unpaired) electrons. The molecule has 1 atom stereocenters. The predicted octanol–water partition coefficient (Wildman–Crippen LogP) is 0.385. The highest BCUT2D eigenvalue weighted by molar-refractivity contribution is 5.80. The molecule has 82 valence electrons. The van der Waals surface area contributed by atoms with Gasteiger partial charge in [0.05, 0.1) is 0 Å². The van der Waals surface area contributed by atoms with Crippen LogP contribution in [0, 0.1) is 0 Å². The Hall–Kier alpha value is -0.870. The van der Waals surface area contributed by atoms with E-state index >= 15 is 0 Å². The Bertz CT molecular complexity index is 179. The molecule has 2 N–H and O–H groups in total. The van der Waals surface area contributed by atoms with Crippen molar-refractivity contribution in [3.8, 4) is 0 Å². The van der Waals surface area contributed by atoms with Gasteiger partial charge in [-0.05, 0) is 12.8 Å². The van der Waals surface area contributed by atoms with Gasteiger partial charge in [-0.3, -0.25) is 4.79 Å². The Labute approximate surface area is 85.7 Å². The third-order valence-electron chi connectivity index (χ3n) is 2.05. The molecular formula is C10H20N2O2. The highest BCUT2D eigenvalue weighted by atomic mass is 16.5. The number of methoxy groups -OCH3 is 1. The number of rotatable bonds is 7. The number of nitrogens with zero attached hydrogens (tertiary/aromatic N) is 1. The Morgan fingerprint density at radius 3 is 2.79 bits per heavy atom. The Morgan fingerprint density at radius 1 is 1.71 bits per heavy atom. The Kier molecular flexibility index (Phi) is 7.06. The van der Waals surface area contributed by atoms with E-state index in [1.807, 2.05) is 6.08 Å². The second-order valence-electron chi connectivity index (χ2n) is 3.15. The van der Waals surface area contributed by atoms with Gasteiger partial charge in [0.2, 0.25) is 0 Å². The van der Waals surface area contributed by atoms with Gasteiger partial charge in [0.25, 0.3) is 5.91 Å². The molecule has 0 aromatic heterocycles. The molecule has 0 saturated heterocycles. The number of carbonyl (C=O) groups is 1. The second-order valence-corrected chi connectivity index (χ2v) is 3.15. The summed E-state index contributed by atoms with van der Waals surface area (Å²) in [5.41, 5.74) is 5.39. The van der Waals surface area contributed by atoms with Crippen LogP contribution >= 0.6 is 0 Å². The molecule has 0 aromatic carbocycles. The van der Waals surface area contributed by atoms with Gasteiger partial charge in [-0.25, -0.2) is 0 Å². The number of unbranched alkanes of at least 4 members (excludes halogenated alkanes) is 1. The van der Waals surface area contributed by atoms with Crippen molar-refractivity contribution in [1.29, 1.82) is 0 Å². The highest BCUT2D eigenvalue weighted by Gasteiger charge is 2.19. The summed E-state index contributed by atoms with van der Waals surface area (Å²) in [7, 11) is 3.25. The summed E-state index contributed by atoms with van der Waals surface area (Å²) >= 11 is 0. The number of likely N-dealkylation sites (N-methyl/N-ethyl adjacent to an activating group) is 1. The summed E-state index contributed by atoms with van der Waals surface area (Å²) in [6.07, 6.45) is 3.17. The summed E-state index contributed by atoms with van der Waals surface area (Å²) in [5.74, 6) is -0.0564. The van der Waals surface area contributed by atoms with E-state index in [0.29, 0.717) is 6.54 Å². The first-order valence-corrected chi connectivity index (χ1v) is 4.76. The minimum absolute atomic E-state index is 0.0564. The Balaban J connectivity index is 3.90. The van der Waals surface area contributed by atoms with Crippen LogP contribution in [-0.2, 0) is 9.53 Å². The molecule has 0 aliphatic carbocycles. The molecule has 4 heteroatoms. The highest BCUT2D eigenvalue weighted by Crippen LogP contribution is 1.98. The minimum Gasteiger partial charge on any atom is -0.370 e. The molecule has 0 rings (SSSR count). The van der Waals surface area contributed by atoms with Crippen molar-refractivity contribution in [2.45, 2.75) is 18.9 Å². The number of ether oxygens (including phenoxy) is 1. The molecule has 0 aliphatic heterocycles. The van der Waals surface area contributed by atoms with Gasteiger partial charge in [0.15, 0.2) is 0 Å². The lowest BCUT2D eigenvalue weighted by Crippen LogP contribution is -2.42. The summed E-state index contributed by atoms with van der Waals surface area (Å²) in [6.45, 7) is 4.56. The fraction of sp³-hybridized carbons (Fsp3) is 0.700. The molecular weight excluding hydrogens is 180 g/mol. The van der Waals surface area contributed by atoms with E-state index in [1.54, 1.807) is 11.9 Å². The third kappa shape index (κ3) is 4.39. The molecule has 0 aliphatic rings. The quantitative estimate of drug-likeness (QED) is 0.477. The first-order valence-electron chi connectivity index (χ1n) is 4.76. The largest absolute Gasteiger partial charge is 0.370 e. The molecule has 0 spiro atoms. The maximum absolute atomic E-state index is 11.6. The zero-order chi connectivity index (χ0) is 11.0. The van der Waals surface area contributed by atoms with Crippen molar-refractivity contribution >= 4 is 5.91 Å². The maximum Gasteiger partial charge on any atom is 0.252 e. The van der Waals surface area contributed by atoms with Gasteiger partial charge in [0, 0.05) is 27.2 Å². The summed E-state index contributed by atoms with van der Waals surface area (Å²) in [6, 6.07) is 0. The van der Waals surface area contributed by atoms with E-state index in [4.69, 9.17) is 10.5 Å². The first-order chi connectivity index (χ1) is 6.67. The standard InChI is InChI=1S/C10H20N2O2/c1-4-5-6-7-12(2)10(13)9(8-11)14-3/h4,9H,1,5-8,11H2,2-3H3. The SMILES string of the molecule is C=CCCCN(C)C(=O)C(CN)OC. The van der Waals surface area contributed by atoms with Crippen molar-refractivity contribution in [1.82, 2.24) is 4.90 Å². The molecule has 0 bridgehead atoms. The molecule has 1 amide bonds. The predicted molar refractivity (Wildman–Crippen MR) is 56.9 cm³/mol. The van der Waals surface area contributed by atoms with Crippen molar-refractivity contribution in [2.75, 3.05) is 27.2 Å². The molecule has 0 heterocycles. The Morgan fingerprint density at radius 2 is 2.36 bits per heavy atom. The minimum atomic E-state index is -0.510. The monoisotopic (exact) mass is 200 g/mol. The van der Waals surface area contributed by atoms with E-state index in [1.165, 1.54) is 7.11 Å². The van der Waals surface area contributed by atoms with Gasteiger partial charge in [-0.2, -0.15) is 0 Å². The molecule has 0 saturated carbocycles. The lowest BCUT2D eigenvalue weighted by atomic mass is 10.2. The third-order valence-corrected chi connectivity index (χ3v) is 2.05. The molecule has 4 nitrogen and oxygen atoms in total.